The average Bonchev–Trinajstić information content (AvgIpc) is 2.99. The summed E-state index contributed by atoms with van der Waals surface area (Å²) in [6.45, 7) is 0. The van der Waals surface area contributed by atoms with Gasteiger partial charge in [0.15, 0.2) is 0 Å². The molecule has 21 nitrogen and oxygen atoms in total. The molecule has 0 radical (unpaired) electrons. The predicted molar refractivity (Wildman–Crippen MR) is 152 cm³/mol. The fraction of sp³-hybridized carbons (Fsp3) is 0. The Morgan fingerprint density at radius 3 is 1.27 bits per heavy atom. The van der Waals surface area contributed by atoms with Crippen molar-refractivity contribution in [3.63, 3.8) is 0 Å². The number of rotatable bonds is 11. The number of hydrogen-bond acceptors (Lipinski definition) is 13. The second-order valence-electron chi connectivity index (χ2n) is 8.58. The van der Waals surface area contributed by atoms with Crippen LogP contribution in [0.1, 0.15) is 0 Å². The van der Waals surface area contributed by atoms with Crippen LogP contribution in [-0.2, 0) is 0 Å². The van der Waals surface area contributed by atoms with Crippen LogP contribution in [0.15, 0.2) is 84.0 Å². The van der Waals surface area contributed by atoms with E-state index in [0.717, 1.165) is 4.70 Å². The van der Waals surface area contributed by atoms with Gasteiger partial charge in [0.1, 0.15) is 0 Å². The third kappa shape index (κ3) is 6.45. The van der Waals surface area contributed by atoms with Crippen LogP contribution in [0.25, 0.3) is 5.32 Å². The summed E-state index contributed by atoms with van der Waals surface area (Å²) in [4.78, 5) is 62.8. The summed E-state index contributed by atoms with van der Waals surface area (Å²) in [5.41, 5.74) is -7.37. The van der Waals surface area contributed by atoms with Gasteiger partial charge in [-0.15, -0.1) is 5.69 Å². The first-order valence-corrected chi connectivity index (χ1v) is 11.9. The van der Waals surface area contributed by atoms with Crippen molar-refractivity contribution in [3.8, 4) is 0 Å². The molecular weight excluding hydrogens is 606 g/mol. The summed E-state index contributed by atoms with van der Waals surface area (Å²) < 4.78 is 1.03. The van der Waals surface area contributed by atoms with Crippen LogP contribution in [0.3, 0.4) is 0 Å². The molecule has 0 heterocycles. The normalized spacial score (nSPS) is 11.0. The van der Waals surface area contributed by atoms with Crippen LogP contribution in [0.4, 0.5) is 62.6 Å². The second-order valence-corrected chi connectivity index (χ2v) is 8.58. The summed E-state index contributed by atoms with van der Waals surface area (Å²) in [5.74, 6) is 0. The van der Waals surface area contributed by atoms with Gasteiger partial charge in [0.05, 0.1) is 53.8 Å². The lowest BCUT2D eigenvalue weighted by Crippen LogP contribution is -2.03. The summed E-state index contributed by atoms with van der Waals surface area (Å²) in [5, 5.41) is 77.2. The number of nitrogens with zero attached hydrogens (tertiary/aromatic N) is 9. The molecule has 0 aliphatic heterocycles. The molecule has 0 aliphatic rings. The van der Waals surface area contributed by atoms with E-state index >= 15 is 0 Å². The Morgan fingerprint density at radius 2 is 0.867 bits per heavy atom. The van der Waals surface area contributed by atoms with Crippen LogP contribution in [0, 0.1) is 60.7 Å². The quantitative estimate of drug-likeness (QED) is 0.0703. The summed E-state index contributed by atoms with van der Waals surface area (Å²) in [7, 11) is 0. The van der Waals surface area contributed by atoms with E-state index in [2.05, 4.69) is 10.4 Å². The monoisotopic (exact) mass is 619 g/mol. The fourth-order valence-electron chi connectivity index (χ4n) is 3.90. The highest BCUT2D eigenvalue weighted by Gasteiger charge is 2.34. The molecule has 0 unspecified atom stereocenters. The van der Waals surface area contributed by atoms with Crippen molar-refractivity contribution < 1.29 is 29.5 Å². The third-order valence-electron chi connectivity index (χ3n) is 5.85. The van der Waals surface area contributed by atoms with E-state index in [0.29, 0.717) is 24.3 Å². The van der Waals surface area contributed by atoms with Gasteiger partial charge < -0.3 is 5.32 Å². The van der Waals surface area contributed by atoms with Crippen molar-refractivity contribution in [1.82, 2.24) is 4.70 Å². The van der Waals surface area contributed by atoms with E-state index in [-0.39, 0.29) is 17.1 Å². The van der Waals surface area contributed by atoms with Crippen molar-refractivity contribution in [2.75, 3.05) is 0 Å². The van der Waals surface area contributed by atoms with E-state index in [1.54, 1.807) is 18.2 Å². The van der Waals surface area contributed by atoms with Crippen molar-refractivity contribution >= 4 is 62.6 Å². The second kappa shape index (κ2) is 12.3. The lowest BCUT2D eigenvalue weighted by Gasteiger charge is -2.21. The van der Waals surface area contributed by atoms with Crippen molar-refractivity contribution in [1.29, 1.82) is 0 Å². The predicted octanol–water partition coefficient (Wildman–Crippen LogP) is 7.09. The van der Waals surface area contributed by atoms with Gasteiger partial charge in [0.2, 0.25) is 11.4 Å². The topological polar surface area (TPSA) is 288 Å². The summed E-state index contributed by atoms with van der Waals surface area (Å²) in [6.07, 6.45) is 0. The maximum Gasteiger partial charge on any atom is 0.315 e. The standard InChI is InChI=1S/C24H13N9O12/c34-28(35)17-10-19(30(38)39)23(20(11-17)31(40)41)25-14-6-8-16(9-7-14)27(15-4-2-1-3-5-15)26-24-21(32(42)43)12-18(29(36)37)13-22(24)33(44)45/h1-13H. The van der Waals surface area contributed by atoms with Gasteiger partial charge in [-0.3, -0.25) is 60.7 Å². The first-order valence-electron chi connectivity index (χ1n) is 11.9. The first kappa shape index (κ1) is 30.6. The number of hydrogen-bond donors (Lipinski definition) is 0. The molecule has 0 N–H and O–H groups in total. The molecule has 0 saturated carbocycles. The number of nitro benzene ring substituents is 6. The molecule has 0 amide bonds. The Kier molecular flexibility index (Phi) is 8.36. The van der Waals surface area contributed by atoms with Crippen LogP contribution < -0.4 is 4.70 Å². The molecule has 0 aromatic heterocycles. The lowest BCUT2D eigenvalue weighted by atomic mass is 10.2. The molecule has 226 valence electrons. The molecule has 0 saturated heterocycles. The van der Waals surface area contributed by atoms with E-state index in [1.165, 1.54) is 36.4 Å². The van der Waals surface area contributed by atoms with Crippen LogP contribution >= 0.6 is 0 Å². The maximum absolute atomic E-state index is 11.8. The van der Waals surface area contributed by atoms with Gasteiger partial charge in [-0.2, -0.15) is 0 Å². The molecule has 0 atom stereocenters. The number of benzene rings is 4. The molecule has 4 rings (SSSR count). The Balaban J connectivity index is 1.88. The van der Waals surface area contributed by atoms with Crippen molar-refractivity contribution in [2.45, 2.75) is 0 Å². The van der Waals surface area contributed by atoms with Gasteiger partial charge in [0.25, 0.3) is 28.4 Å². The number of para-hydroxylation sites is 1. The van der Waals surface area contributed by atoms with Gasteiger partial charge in [-0.25, -0.2) is 0 Å². The zero-order valence-corrected chi connectivity index (χ0v) is 21.9. The molecule has 0 fully saturated rings. The minimum atomic E-state index is -1.08. The fourth-order valence-corrected chi connectivity index (χ4v) is 3.90. The average molecular weight is 619 g/mol. The molecular formula is C24H13N9O12. The minimum absolute atomic E-state index is 0.0785. The zero-order valence-electron chi connectivity index (χ0n) is 21.9. The molecule has 45 heavy (non-hydrogen) atoms. The molecule has 0 aliphatic carbocycles. The maximum atomic E-state index is 11.8. The van der Waals surface area contributed by atoms with Gasteiger partial charge >= 0.3 is 11.4 Å². The summed E-state index contributed by atoms with van der Waals surface area (Å²) in [6, 6.07) is 14.7. The first-order chi connectivity index (χ1) is 21.3. The van der Waals surface area contributed by atoms with Gasteiger partial charge in [-0.05, 0) is 4.70 Å². The number of nitro groups is 6. The lowest BCUT2D eigenvalue weighted by molar-refractivity contribution is -0.402. The van der Waals surface area contributed by atoms with E-state index in [4.69, 9.17) is 0 Å². The van der Waals surface area contributed by atoms with Crippen molar-refractivity contribution in [2.24, 2.45) is 5.11 Å². The third-order valence-corrected chi connectivity index (χ3v) is 5.85. The van der Waals surface area contributed by atoms with Crippen LogP contribution in [0.5, 0.6) is 0 Å². The zero-order chi connectivity index (χ0) is 33.0. The molecule has 0 spiro atoms. The van der Waals surface area contributed by atoms with Crippen LogP contribution in [0.2, 0.25) is 0 Å². The van der Waals surface area contributed by atoms with E-state index < -0.39 is 75.0 Å². The number of non-ortho nitro benzene ring substituents is 2. The van der Waals surface area contributed by atoms with E-state index in [1.807, 2.05) is 0 Å². The molecule has 4 aromatic rings. The Morgan fingerprint density at radius 1 is 0.467 bits per heavy atom. The molecule has 21 heteroatoms. The summed E-state index contributed by atoms with van der Waals surface area (Å²) >= 11 is 0. The smallest absolute Gasteiger partial charge is 0.315 e. The van der Waals surface area contributed by atoms with Gasteiger partial charge in [-0.1, -0.05) is 30.3 Å². The highest BCUT2D eigenvalue weighted by atomic mass is 16.6. The van der Waals surface area contributed by atoms with Gasteiger partial charge in [0, 0.05) is 35.1 Å². The SMILES string of the molecule is O=[N+]([O-])c1cc([N+](=O)[O-])c(N=[N+](c2ccccc2)c2ccc([N-]c3c([N+](=O)[O-])cc([N+](=O)[O-])cc3[N+](=O)[O-])cc2)c([N+](=O)[O-])c1. The Hall–Kier alpha value is -7.32. The highest BCUT2D eigenvalue weighted by molar-refractivity contribution is 5.85. The Labute approximate surface area is 247 Å². The van der Waals surface area contributed by atoms with Crippen LogP contribution in [-0.4, -0.2) is 29.5 Å². The largest absolute Gasteiger partial charge is 0.647 e. The number of azo groups is 2. The minimum Gasteiger partial charge on any atom is -0.647 e. The highest BCUT2D eigenvalue weighted by Crippen LogP contribution is 2.47. The van der Waals surface area contributed by atoms with Crippen molar-refractivity contribution in [3.05, 3.63) is 145 Å². The molecule has 4 aromatic carbocycles. The molecule has 0 bridgehead atoms. The van der Waals surface area contributed by atoms with E-state index in [9.17, 15) is 60.7 Å². The Bertz CT molecular complexity index is 1880.